The Bertz CT molecular complexity index is 353. The summed E-state index contributed by atoms with van der Waals surface area (Å²) >= 11 is 1.83. The van der Waals surface area contributed by atoms with Gasteiger partial charge in [-0.15, -0.1) is 11.3 Å². The summed E-state index contributed by atoms with van der Waals surface area (Å²) in [6.45, 7) is 4.86. The van der Waals surface area contributed by atoms with Crippen LogP contribution in [0.1, 0.15) is 23.1 Å². The van der Waals surface area contributed by atoms with Gasteiger partial charge in [0.05, 0.1) is 6.61 Å². The molecule has 0 saturated carbocycles. The van der Waals surface area contributed by atoms with Crippen LogP contribution >= 0.6 is 11.3 Å². The number of nitrogens with one attached hydrogen (secondary N) is 2. The van der Waals surface area contributed by atoms with Crippen LogP contribution in [0.2, 0.25) is 0 Å². The fourth-order valence-electron chi connectivity index (χ4n) is 1.50. The molecule has 0 unspecified atom stereocenters. The van der Waals surface area contributed by atoms with E-state index in [4.69, 9.17) is 4.74 Å². The van der Waals surface area contributed by atoms with Gasteiger partial charge in [-0.25, -0.2) is 0 Å². The molecule has 4 nitrogen and oxygen atoms in total. The van der Waals surface area contributed by atoms with Crippen LogP contribution in [0.15, 0.2) is 12.1 Å². The van der Waals surface area contributed by atoms with Crippen molar-refractivity contribution in [2.24, 2.45) is 0 Å². The molecule has 0 spiro atoms. The van der Waals surface area contributed by atoms with Crippen LogP contribution in [0, 0.1) is 0 Å². The lowest BCUT2D eigenvalue weighted by molar-refractivity contribution is -0.121. The summed E-state index contributed by atoms with van der Waals surface area (Å²) in [5.74, 6) is 0.0694. The lowest BCUT2D eigenvalue weighted by atomic mass is 10.3. The van der Waals surface area contributed by atoms with E-state index in [-0.39, 0.29) is 5.91 Å². The van der Waals surface area contributed by atoms with Gasteiger partial charge in [-0.05, 0) is 18.6 Å². The van der Waals surface area contributed by atoms with Gasteiger partial charge in [-0.1, -0.05) is 6.92 Å². The zero-order chi connectivity index (χ0) is 13.2. The number of ether oxygens (including phenoxy) is 1. The Hall–Kier alpha value is -0.910. The molecule has 0 atom stereocenters. The van der Waals surface area contributed by atoms with E-state index in [1.54, 1.807) is 7.11 Å². The maximum Gasteiger partial charge on any atom is 0.221 e. The van der Waals surface area contributed by atoms with Crippen LogP contribution in [0.3, 0.4) is 0 Å². The zero-order valence-electron chi connectivity index (χ0n) is 11.1. The zero-order valence-corrected chi connectivity index (χ0v) is 11.9. The fraction of sp³-hybridized carbons (Fsp3) is 0.615. The van der Waals surface area contributed by atoms with Crippen molar-refractivity contribution >= 4 is 17.2 Å². The third-order valence-electron chi connectivity index (χ3n) is 2.52. The maximum absolute atomic E-state index is 11.4. The number of hydrogen-bond acceptors (Lipinski definition) is 4. The van der Waals surface area contributed by atoms with E-state index >= 15 is 0 Å². The summed E-state index contributed by atoms with van der Waals surface area (Å²) in [5.41, 5.74) is 0. The highest BCUT2D eigenvalue weighted by Gasteiger charge is 2.01. The average Bonchev–Trinajstić information content (AvgIpc) is 2.83. The Morgan fingerprint density at radius 2 is 2.11 bits per heavy atom. The molecule has 0 saturated heterocycles. The van der Waals surface area contributed by atoms with Gasteiger partial charge in [0.25, 0.3) is 0 Å². The highest BCUT2D eigenvalue weighted by atomic mass is 32.1. The molecular formula is C13H22N2O2S. The Morgan fingerprint density at radius 3 is 2.78 bits per heavy atom. The third kappa shape index (κ3) is 6.14. The number of carbonyl (C=O) groups is 1. The van der Waals surface area contributed by atoms with Gasteiger partial charge in [0, 0.05) is 42.9 Å². The first-order valence-corrected chi connectivity index (χ1v) is 7.11. The first-order valence-electron chi connectivity index (χ1n) is 6.30. The van der Waals surface area contributed by atoms with Crippen LogP contribution in [-0.4, -0.2) is 32.7 Å². The van der Waals surface area contributed by atoms with Gasteiger partial charge >= 0.3 is 0 Å². The van der Waals surface area contributed by atoms with Crippen molar-refractivity contribution in [2.45, 2.75) is 26.3 Å². The van der Waals surface area contributed by atoms with Crippen LogP contribution in [0.25, 0.3) is 0 Å². The second kappa shape index (κ2) is 9.08. The SMILES string of the molecule is CCc1ccc(CNCCC(=O)NCCOC)s1. The molecule has 5 heteroatoms. The summed E-state index contributed by atoms with van der Waals surface area (Å²) < 4.78 is 4.86. The predicted molar refractivity (Wildman–Crippen MR) is 74.9 cm³/mol. The molecule has 1 aromatic heterocycles. The predicted octanol–water partition coefficient (Wildman–Crippen LogP) is 1.55. The minimum Gasteiger partial charge on any atom is -0.383 e. The van der Waals surface area contributed by atoms with E-state index in [2.05, 4.69) is 29.7 Å². The molecule has 0 aliphatic heterocycles. The average molecular weight is 270 g/mol. The Balaban J connectivity index is 2.05. The highest BCUT2D eigenvalue weighted by molar-refractivity contribution is 7.11. The second-order valence-corrected chi connectivity index (χ2v) is 5.24. The normalized spacial score (nSPS) is 10.6. The lowest BCUT2D eigenvalue weighted by Crippen LogP contribution is -2.29. The van der Waals surface area contributed by atoms with Crippen molar-refractivity contribution in [3.8, 4) is 0 Å². The minimum absolute atomic E-state index is 0.0694. The Morgan fingerprint density at radius 1 is 1.33 bits per heavy atom. The summed E-state index contributed by atoms with van der Waals surface area (Å²) in [5, 5.41) is 6.07. The second-order valence-electron chi connectivity index (χ2n) is 3.99. The number of rotatable bonds is 9. The van der Waals surface area contributed by atoms with Crippen molar-refractivity contribution in [1.29, 1.82) is 0 Å². The highest BCUT2D eigenvalue weighted by Crippen LogP contribution is 2.16. The topological polar surface area (TPSA) is 50.4 Å². The van der Waals surface area contributed by atoms with Gasteiger partial charge in [-0.3, -0.25) is 4.79 Å². The minimum atomic E-state index is 0.0694. The fourth-order valence-corrected chi connectivity index (χ4v) is 2.43. The summed E-state index contributed by atoms with van der Waals surface area (Å²) in [6.07, 6.45) is 1.60. The third-order valence-corrected chi connectivity index (χ3v) is 3.75. The van der Waals surface area contributed by atoms with E-state index < -0.39 is 0 Å². The van der Waals surface area contributed by atoms with Crippen LogP contribution in [-0.2, 0) is 22.5 Å². The monoisotopic (exact) mass is 270 g/mol. The summed E-state index contributed by atoms with van der Waals surface area (Å²) in [6, 6.07) is 4.31. The first-order chi connectivity index (χ1) is 8.76. The number of aryl methyl sites for hydroxylation is 1. The Kier molecular flexibility index (Phi) is 7.64. The van der Waals surface area contributed by atoms with Gasteiger partial charge in [0.15, 0.2) is 0 Å². The number of carbonyl (C=O) groups excluding carboxylic acids is 1. The van der Waals surface area contributed by atoms with Gasteiger partial charge in [-0.2, -0.15) is 0 Å². The quantitative estimate of drug-likeness (QED) is 0.669. The molecule has 18 heavy (non-hydrogen) atoms. The molecule has 1 rings (SSSR count). The first kappa shape index (κ1) is 15.1. The molecule has 1 aromatic rings. The molecule has 0 bridgehead atoms. The number of methoxy groups -OCH3 is 1. The van der Waals surface area contributed by atoms with E-state index in [1.165, 1.54) is 9.75 Å². The van der Waals surface area contributed by atoms with Crippen molar-refractivity contribution in [3.05, 3.63) is 21.9 Å². The molecule has 0 radical (unpaired) electrons. The van der Waals surface area contributed by atoms with E-state index in [9.17, 15) is 4.79 Å². The molecular weight excluding hydrogens is 248 g/mol. The van der Waals surface area contributed by atoms with Gasteiger partial charge in [0.2, 0.25) is 5.91 Å². The number of amides is 1. The molecule has 2 N–H and O–H groups in total. The van der Waals surface area contributed by atoms with E-state index in [1.807, 2.05) is 11.3 Å². The van der Waals surface area contributed by atoms with Crippen LogP contribution in [0.5, 0.6) is 0 Å². The van der Waals surface area contributed by atoms with Crippen molar-refractivity contribution < 1.29 is 9.53 Å². The summed E-state index contributed by atoms with van der Waals surface area (Å²) in [7, 11) is 1.62. The molecule has 1 heterocycles. The number of thiophene rings is 1. The lowest BCUT2D eigenvalue weighted by Gasteiger charge is -2.05. The maximum atomic E-state index is 11.4. The van der Waals surface area contributed by atoms with Gasteiger partial charge in [0.1, 0.15) is 0 Å². The van der Waals surface area contributed by atoms with Crippen LogP contribution < -0.4 is 10.6 Å². The molecule has 0 fully saturated rings. The molecule has 0 aromatic carbocycles. The van der Waals surface area contributed by atoms with Crippen molar-refractivity contribution in [3.63, 3.8) is 0 Å². The molecule has 0 aliphatic rings. The number of hydrogen-bond donors (Lipinski definition) is 2. The molecule has 0 aliphatic carbocycles. The largest absolute Gasteiger partial charge is 0.383 e. The van der Waals surface area contributed by atoms with Gasteiger partial charge < -0.3 is 15.4 Å². The van der Waals surface area contributed by atoms with E-state index in [0.29, 0.717) is 26.1 Å². The standard InChI is InChI=1S/C13H22N2O2S/c1-3-11-4-5-12(18-11)10-14-7-6-13(16)15-8-9-17-2/h4-5,14H,3,6-10H2,1-2H3,(H,15,16). The smallest absolute Gasteiger partial charge is 0.221 e. The Labute approximate surface area is 113 Å². The van der Waals surface area contributed by atoms with Crippen molar-refractivity contribution in [2.75, 3.05) is 26.8 Å². The molecule has 1 amide bonds. The van der Waals surface area contributed by atoms with Crippen molar-refractivity contribution in [1.82, 2.24) is 10.6 Å². The summed E-state index contributed by atoms with van der Waals surface area (Å²) in [4.78, 5) is 14.1. The molecule has 102 valence electrons. The van der Waals surface area contributed by atoms with Crippen LogP contribution in [0.4, 0.5) is 0 Å². The van der Waals surface area contributed by atoms with E-state index in [0.717, 1.165) is 13.0 Å².